The van der Waals surface area contributed by atoms with Gasteiger partial charge < -0.3 is 10.6 Å². The van der Waals surface area contributed by atoms with E-state index in [1.54, 1.807) is 0 Å². The van der Waals surface area contributed by atoms with E-state index in [0.717, 1.165) is 43.7 Å². The third-order valence-electron chi connectivity index (χ3n) is 5.94. The first-order valence-electron chi connectivity index (χ1n) is 8.10. The molecule has 2 N–H and O–H groups in total. The van der Waals surface area contributed by atoms with Gasteiger partial charge in [0.25, 0.3) is 0 Å². The lowest BCUT2D eigenvalue weighted by molar-refractivity contribution is -0.132. The van der Waals surface area contributed by atoms with Gasteiger partial charge in [0.15, 0.2) is 0 Å². The lowest BCUT2D eigenvalue weighted by atomic mass is 9.80. The van der Waals surface area contributed by atoms with Gasteiger partial charge in [-0.05, 0) is 70.3 Å². The van der Waals surface area contributed by atoms with Gasteiger partial charge in [-0.25, -0.2) is 0 Å². The molecule has 116 valence electrons. The molecule has 0 radical (unpaired) electrons. The van der Waals surface area contributed by atoms with Crippen LogP contribution in [-0.2, 0) is 4.79 Å². The number of hydrogen-bond donors (Lipinski definition) is 2. The maximum absolute atomic E-state index is 12.5. The number of carbonyl (C=O) groups is 1. The number of piperidine rings is 1. The minimum Gasteiger partial charge on any atom is -0.353 e. The summed E-state index contributed by atoms with van der Waals surface area (Å²) in [5.74, 6) is 2.86. The minimum absolute atomic E-state index is 0. The van der Waals surface area contributed by atoms with E-state index in [0.29, 0.717) is 6.04 Å². The lowest BCUT2D eigenvalue weighted by Gasteiger charge is -2.36. The number of amides is 1. The van der Waals surface area contributed by atoms with Crippen molar-refractivity contribution >= 4 is 18.3 Å². The van der Waals surface area contributed by atoms with Gasteiger partial charge in [-0.1, -0.05) is 6.42 Å². The Balaban J connectivity index is 0.00000147. The summed E-state index contributed by atoms with van der Waals surface area (Å²) in [6.45, 7) is 6.23. The third kappa shape index (κ3) is 2.99. The summed E-state index contributed by atoms with van der Waals surface area (Å²) < 4.78 is 0. The minimum atomic E-state index is -0.190. The molecule has 2 saturated carbocycles. The van der Waals surface area contributed by atoms with E-state index < -0.39 is 0 Å². The summed E-state index contributed by atoms with van der Waals surface area (Å²) in [6, 6.07) is 0.363. The number of rotatable bonds is 3. The molecule has 3 nitrogen and oxygen atoms in total. The molecule has 0 spiro atoms. The Morgan fingerprint density at radius 2 is 2.15 bits per heavy atom. The van der Waals surface area contributed by atoms with Crippen molar-refractivity contribution in [2.45, 2.75) is 58.4 Å². The van der Waals surface area contributed by atoms with Crippen LogP contribution >= 0.6 is 12.4 Å². The molecule has 5 unspecified atom stereocenters. The SMILES string of the molecule is CC(NC(=O)C1(C)CCCNC1)C1CC2CCC1C2.Cl. The second-order valence-electron chi connectivity index (χ2n) is 7.44. The Morgan fingerprint density at radius 1 is 1.35 bits per heavy atom. The average Bonchev–Trinajstić information content (AvgIpc) is 3.01. The van der Waals surface area contributed by atoms with E-state index in [2.05, 4.69) is 24.5 Å². The molecule has 4 heteroatoms. The van der Waals surface area contributed by atoms with Crippen LogP contribution in [0.3, 0.4) is 0 Å². The molecule has 1 aliphatic heterocycles. The summed E-state index contributed by atoms with van der Waals surface area (Å²) in [6.07, 6.45) is 7.74. The van der Waals surface area contributed by atoms with Crippen molar-refractivity contribution in [2.24, 2.45) is 23.2 Å². The highest BCUT2D eigenvalue weighted by molar-refractivity contribution is 5.85. The summed E-state index contributed by atoms with van der Waals surface area (Å²) in [5, 5.41) is 6.70. The summed E-state index contributed by atoms with van der Waals surface area (Å²) in [4.78, 5) is 12.5. The monoisotopic (exact) mass is 300 g/mol. The van der Waals surface area contributed by atoms with Crippen molar-refractivity contribution in [1.29, 1.82) is 0 Å². The molecule has 0 aromatic rings. The largest absolute Gasteiger partial charge is 0.353 e. The Bertz CT molecular complexity index is 354. The molecule has 1 saturated heterocycles. The van der Waals surface area contributed by atoms with E-state index >= 15 is 0 Å². The highest BCUT2D eigenvalue weighted by Crippen LogP contribution is 2.49. The van der Waals surface area contributed by atoms with Crippen LogP contribution in [0, 0.1) is 23.2 Å². The first-order valence-corrected chi connectivity index (χ1v) is 8.10. The Labute approximate surface area is 129 Å². The lowest BCUT2D eigenvalue weighted by Crippen LogP contribution is -2.52. The quantitative estimate of drug-likeness (QED) is 0.841. The predicted molar refractivity (Wildman–Crippen MR) is 84.0 cm³/mol. The molecule has 2 bridgehead atoms. The molecule has 0 aromatic heterocycles. The average molecular weight is 301 g/mol. The van der Waals surface area contributed by atoms with Gasteiger partial charge in [0.1, 0.15) is 0 Å². The van der Waals surface area contributed by atoms with Crippen molar-refractivity contribution < 1.29 is 4.79 Å². The van der Waals surface area contributed by atoms with Crippen LogP contribution in [0.2, 0.25) is 0 Å². The van der Waals surface area contributed by atoms with Crippen LogP contribution in [-0.4, -0.2) is 25.0 Å². The molecular weight excluding hydrogens is 272 g/mol. The molecule has 3 rings (SSSR count). The molecule has 20 heavy (non-hydrogen) atoms. The van der Waals surface area contributed by atoms with Gasteiger partial charge in [-0.3, -0.25) is 4.79 Å². The first kappa shape index (κ1) is 16.1. The smallest absolute Gasteiger partial charge is 0.227 e. The fourth-order valence-corrected chi connectivity index (χ4v) is 4.64. The van der Waals surface area contributed by atoms with E-state index in [1.165, 1.54) is 25.7 Å². The normalized spacial score (nSPS) is 41.0. The molecule has 1 heterocycles. The highest BCUT2D eigenvalue weighted by atomic mass is 35.5. The van der Waals surface area contributed by atoms with Crippen LogP contribution in [0.25, 0.3) is 0 Å². The Morgan fingerprint density at radius 3 is 2.70 bits per heavy atom. The van der Waals surface area contributed by atoms with Crippen molar-refractivity contribution in [2.75, 3.05) is 13.1 Å². The Hall–Kier alpha value is -0.280. The zero-order valence-corrected chi connectivity index (χ0v) is 13.6. The number of fused-ring (bicyclic) bond motifs is 2. The second kappa shape index (κ2) is 6.23. The maximum Gasteiger partial charge on any atom is 0.227 e. The molecular formula is C16H29ClN2O. The molecule has 1 amide bonds. The van der Waals surface area contributed by atoms with Gasteiger partial charge in [-0.2, -0.15) is 0 Å². The fourth-order valence-electron chi connectivity index (χ4n) is 4.64. The van der Waals surface area contributed by atoms with E-state index in [-0.39, 0.29) is 23.7 Å². The topological polar surface area (TPSA) is 41.1 Å². The summed E-state index contributed by atoms with van der Waals surface area (Å²) >= 11 is 0. The Kier molecular flexibility index (Phi) is 5.01. The van der Waals surface area contributed by atoms with E-state index in [9.17, 15) is 4.79 Å². The summed E-state index contributed by atoms with van der Waals surface area (Å²) in [5.41, 5.74) is -0.190. The van der Waals surface area contributed by atoms with Gasteiger partial charge >= 0.3 is 0 Å². The van der Waals surface area contributed by atoms with Gasteiger partial charge in [-0.15, -0.1) is 12.4 Å². The predicted octanol–water partition coefficient (Wildman–Crippen LogP) is 2.74. The van der Waals surface area contributed by atoms with Crippen molar-refractivity contribution in [3.05, 3.63) is 0 Å². The molecule has 3 fully saturated rings. The number of carbonyl (C=O) groups excluding carboxylic acids is 1. The number of hydrogen-bond acceptors (Lipinski definition) is 2. The maximum atomic E-state index is 12.5. The molecule has 0 aromatic carbocycles. The van der Waals surface area contributed by atoms with Gasteiger partial charge in [0.05, 0.1) is 5.41 Å². The van der Waals surface area contributed by atoms with E-state index in [1.807, 2.05) is 0 Å². The van der Waals surface area contributed by atoms with Crippen molar-refractivity contribution in [1.82, 2.24) is 10.6 Å². The first-order chi connectivity index (χ1) is 9.08. The summed E-state index contributed by atoms with van der Waals surface area (Å²) in [7, 11) is 0. The molecule has 2 aliphatic carbocycles. The van der Waals surface area contributed by atoms with Crippen LogP contribution in [0.1, 0.15) is 52.4 Å². The second-order valence-corrected chi connectivity index (χ2v) is 7.44. The van der Waals surface area contributed by atoms with Gasteiger partial charge in [0.2, 0.25) is 5.91 Å². The van der Waals surface area contributed by atoms with Crippen LogP contribution < -0.4 is 10.6 Å². The fraction of sp³-hybridized carbons (Fsp3) is 0.938. The van der Waals surface area contributed by atoms with Gasteiger partial charge in [0, 0.05) is 12.6 Å². The van der Waals surface area contributed by atoms with Crippen molar-refractivity contribution in [3.63, 3.8) is 0 Å². The zero-order chi connectivity index (χ0) is 13.5. The standard InChI is InChI=1S/C16H28N2O.ClH/c1-11(14-9-12-4-5-13(14)8-12)18-15(19)16(2)6-3-7-17-10-16;/h11-14,17H,3-10H2,1-2H3,(H,18,19);1H. The molecule has 5 atom stereocenters. The van der Waals surface area contributed by atoms with Crippen LogP contribution in [0.15, 0.2) is 0 Å². The van der Waals surface area contributed by atoms with E-state index in [4.69, 9.17) is 0 Å². The molecule has 3 aliphatic rings. The zero-order valence-electron chi connectivity index (χ0n) is 12.8. The number of nitrogens with one attached hydrogen (secondary N) is 2. The van der Waals surface area contributed by atoms with Crippen molar-refractivity contribution in [3.8, 4) is 0 Å². The van der Waals surface area contributed by atoms with Crippen LogP contribution in [0.4, 0.5) is 0 Å². The highest BCUT2D eigenvalue weighted by Gasteiger charge is 2.43. The number of halogens is 1. The van der Waals surface area contributed by atoms with Crippen LogP contribution in [0.5, 0.6) is 0 Å². The third-order valence-corrected chi connectivity index (χ3v) is 5.94.